The van der Waals surface area contributed by atoms with Crippen LogP contribution in [0.25, 0.3) is 0 Å². The molecule has 128 valence electrons. The summed E-state index contributed by atoms with van der Waals surface area (Å²) < 4.78 is 25.4. The zero-order valence-electron chi connectivity index (χ0n) is 12.9. The highest BCUT2D eigenvalue weighted by Crippen LogP contribution is 2.00. The molecule has 0 aliphatic rings. The minimum atomic E-state index is -0.632. The van der Waals surface area contributed by atoms with E-state index in [9.17, 15) is 18.4 Å². The second-order valence-electron chi connectivity index (χ2n) is 4.87. The van der Waals surface area contributed by atoms with Crippen LogP contribution >= 0.6 is 0 Å². The lowest BCUT2D eigenvalue weighted by Gasteiger charge is -1.99. The molecule has 0 aliphatic carbocycles. The number of hydrazone groups is 2. The van der Waals surface area contributed by atoms with Crippen molar-refractivity contribution in [2.45, 2.75) is 6.42 Å². The molecule has 0 saturated heterocycles. The van der Waals surface area contributed by atoms with Crippen LogP contribution in [0.5, 0.6) is 0 Å². The third kappa shape index (κ3) is 6.69. The molecule has 0 saturated carbocycles. The second-order valence-corrected chi connectivity index (χ2v) is 4.87. The van der Waals surface area contributed by atoms with Gasteiger partial charge in [-0.1, -0.05) is 24.3 Å². The van der Waals surface area contributed by atoms with Crippen LogP contribution < -0.4 is 10.9 Å². The van der Waals surface area contributed by atoms with E-state index in [-0.39, 0.29) is 11.6 Å². The Morgan fingerprint density at radius 2 is 1.12 bits per heavy atom. The Balaban J connectivity index is 1.73. The molecule has 0 aliphatic heterocycles. The normalized spacial score (nSPS) is 11.0. The Hall–Kier alpha value is -3.42. The van der Waals surface area contributed by atoms with Crippen molar-refractivity contribution in [3.05, 3.63) is 71.3 Å². The van der Waals surface area contributed by atoms with Gasteiger partial charge in [-0.25, -0.2) is 19.6 Å². The SMILES string of the molecule is O=C(CC(=O)NN=Cc1ccc(F)cc1)NN=Cc1ccc(F)cc1. The number of nitrogens with one attached hydrogen (secondary N) is 2. The predicted octanol–water partition coefficient (Wildman–Crippen LogP) is 1.96. The van der Waals surface area contributed by atoms with E-state index >= 15 is 0 Å². The Labute approximate surface area is 142 Å². The maximum atomic E-state index is 12.7. The van der Waals surface area contributed by atoms with Gasteiger partial charge in [0.2, 0.25) is 11.8 Å². The van der Waals surface area contributed by atoms with Crippen LogP contribution in [0, 0.1) is 11.6 Å². The molecule has 2 aromatic rings. The Morgan fingerprint density at radius 3 is 1.48 bits per heavy atom. The fourth-order valence-electron chi connectivity index (χ4n) is 1.68. The largest absolute Gasteiger partial charge is 0.273 e. The average molecular weight is 344 g/mol. The fourth-order valence-corrected chi connectivity index (χ4v) is 1.68. The summed E-state index contributed by atoms with van der Waals surface area (Å²) >= 11 is 0. The molecule has 0 radical (unpaired) electrons. The molecule has 0 bridgehead atoms. The van der Waals surface area contributed by atoms with Crippen LogP contribution in [0.1, 0.15) is 17.5 Å². The van der Waals surface area contributed by atoms with Gasteiger partial charge in [0.15, 0.2) is 0 Å². The van der Waals surface area contributed by atoms with Crippen molar-refractivity contribution >= 4 is 24.2 Å². The van der Waals surface area contributed by atoms with Gasteiger partial charge in [-0.2, -0.15) is 10.2 Å². The van der Waals surface area contributed by atoms with E-state index < -0.39 is 18.2 Å². The van der Waals surface area contributed by atoms with Crippen molar-refractivity contribution in [1.29, 1.82) is 0 Å². The lowest BCUT2D eigenvalue weighted by atomic mass is 10.2. The fraction of sp³-hybridized carbons (Fsp3) is 0.0588. The van der Waals surface area contributed by atoms with E-state index in [0.717, 1.165) is 0 Å². The van der Waals surface area contributed by atoms with Gasteiger partial charge >= 0.3 is 0 Å². The monoisotopic (exact) mass is 344 g/mol. The molecule has 2 amide bonds. The Bertz CT molecular complexity index is 720. The van der Waals surface area contributed by atoms with Crippen LogP contribution in [-0.2, 0) is 9.59 Å². The van der Waals surface area contributed by atoms with E-state index in [1.165, 1.54) is 61.0 Å². The van der Waals surface area contributed by atoms with Gasteiger partial charge in [0.1, 0.15) is 18.1 Å². The third-order valence-corrected chi connectivity index (χ3v) is 2.87. The molecule has 6 nitrogen and oxygen atoms in total. The van der Waals surface area contributed by atoms with Crippen LogP contribution in [-0.4, -0.2) is 24.2 Å². The zero-order valence-corrected chi connectivity index (χ0v) is 12.9. The highest BCUT2D eigenvalue weighted by atomic mass is 19.1. The molecule has 2 aromatic carbocycles. The van der Waals surface area contributed by atoms with Gasteiger partial charge in [0, 0.05) is 0 Å². The zero-order chi connectivity index (χ0) is 18.1. The highest BCUT2D eigenvalue weighted by molar-refractivity contribution is 5.97. The van der Waals surface area contributed by atoms with Crippen molar-refractivity contribution < 1.29 is 18.4 Å². The number of hydrogen-bond donors (Lipinski definition) is 2. The van der Waals surface area contributed by atoms with Crippen molar-refractivity contribution in [2.24, 2.45) is 10.2 Å². The van der Waals surface area contributed by atoms with Crippen molar-refractivity contribution in [2.75, 3.05) is 0 Å². The number of rotatable bonds is 6. The maximum absolute atomic E-state index is 12.7. The molecule has 2 N–H and O–H groups in total. The van der Waals surface area contributed by atoms with Crippen LogP contribution in [0.2, 0.25) is 0 Å². The van der Waals surface area contributed by atoms with Gasteiger partial charge in [-0.3, -0.25) is 9.59 Å². The van der Waals surface area contributed by atoms with E-state index in [1.807, 2.05) is 0 Å². The molecule has 0 aromatic heterocycles. The summed E-state index contributed by atoms with van der Waals surface area (Å²) in [5.74, 6) is -2.02. The minimum Gasteiger partial charge on any atom is -0.273 e. The molecule has 8 heteroatoms. The molecule has 0 spiro atoms. The van der Waals surface area contributed by atoms with E-state index in [0.29, 0.717) is 11.1 Å². The summed E-state index contributed by atoms with van der Waals surface area (Å²) in [6.07, 6.45) is 2.17. The molecule has 0 fully saturated rings. The second kappa shape index (κ2) is 9.02. The molecule has 25 heavy (non-hydrogen) atoms. The quantitative estimate of drug-likeness (QED) is 0.477. The first-order chi connectivity index (χ1) is 12.0. The summed E-state index contributed by atoms with van der Waals surface area (Å²) in [6, 6.07) is 11.0. The van der Waals surface area contributed by atoms with E-state index in [4.69, 9.17) is 0 Å². The summed E-state index contributed by atoms with van der Waals surface area (Å²) in [7, 11) is 0. The summed E-state index contributed by atoms with van der Waals surface area (Å²) in [6.45, 7) is 0. The molecule has 0 heterocycles. The summed E-state index contributed by atoms with van der Waals surface area (Å²) in [4.78, 5) is 23.1. The number of hydrogen-bond acceptors (Lipinski definition) is 4. The highest BCUT2D eigenvalue weighted by Gasteiger charge is 2.07. The lowest BCUT2D eigenvalue weighted by Crippen LogP contribution is -2.27. The van der Waals surface area contributed by atoms with Gasteiger partial charge in [0.05, 0.1) is 12.4 Å². The number of carbonyl (C=O) groups excluding carboxylic acids is 2. The van der Waals surface area contributed by atoms with Crippen LogP contribution in [0.4, 0.5) is 8.78 Å². The van der Waals surface area contributed by atoms with E-state index in [1.54, 1.807) is 0 Å². The van der Waals surface area contributed by atoms with E-state index in [2.05, 4.69) is 21.1 Å². The van der Waals surface area contributed by atoms with Crippen molar-refractivity contribution in [3.8, 4) is 0 Å². The predicted molar refractivity (Wildman–Crippen MR) is 88.9 cm³/mol. The molecular formula is C17H14F2N4O2. The Morgan fingerprint density at radius 1 is 0.760 bits per heavy atom. The average Bonchev–Trinajstić information content (AvgIpc) is 2.58. The van der Waals surface area contributed by atoms with Crippen molar-refractivity contribution in [3.63, 3.8) is 0 Å². The maximum Gasteiger partial charge on any atom is 0.249 e. The summed E-state index contributed by atoms with van der Waals surface area (Å²) in [5, 5.41) is 7.32. The number of nitrogens with zero attached hydrogens (tertiary/aromatic N) is 2. The molecule has 2 rings (SSSR count). The van der Waals surface area contributed by atoms with Gasteiger partial charge in [-0.15, -0.1) is 0 Å². The number of benzene rings is 2. The smallest absolute Gasteiger partial charge is 0.249 e. The first-order valence-corrected chi connectivity index (χ1v) is 7.18. The summed E-state index contributed by atoms with van der Waals surface area (Å²) in [5.41, 5.74) is 5.53. The van der Waals surface area contributed by atoms with Crippen LogP contribution in [0.3, 0.4) is 0 Å². The Kier molecular flexibility index (Phi) is 6.47. The van der Waals surface area contributed by atoms with Crippen molar-refractivity contribution in [1.82, 2.24) is 10.9 Å². The van der Waals surface area contributed by atoms with Gasteiger partial charge in [-0.05, 0) is 35.4 Å². The number of halogens is 2. The number of amides is 2. The standard InChI is InChI=1S/C17H14F2N4O2/c18-14-5-1-12(2-6-14)10-20-22-16(24)9-17(25)23-21-11-13-3-7-15(19)8-4-13/h1-8,10-11H,9H2,(H,22,24)(H,23,25). The first kappa shape index (κ1) is 17.9. The molecule has 0 unspecified atom stereocenters. The lowest BCUT2D eigenvalue weighted by molar-refractivity contribution is -0.129. The van der Waals surface area contributed by atoms with Crippen LogP contribution in [0.15, 0.2) is 58.7 Å². The van der Waals surface area contributed by atoms with Gasteiger partial charge < -0.3 is 0 Å². The topological polar surface area (TPSA) is 82.9 Å². The van der Waals surface area contributed by atoms with Gasteiger partial charge in [0.25, 0.3) is 0 Å². The first-order valence-electron chi connectivity index (χ1n) is 7.18. The number of carbonyl (C=O) groups is 2. The molecular weight excluding hydrogens is 330 g/mol. The third-order valence-electron chi connectivity index (χ3n) is 2.87. The molecule has 0 atom stereocenters. The minimum absolute atomic E-state index is 0.376.